The molecule has 0 aromatic heterocycles. The van der Waals surface area contributed by atoms with Gasteiger partial charge in [0.15, 0.2) is 16.3 Å². The van der Waals surface area contributed by atoms with Crippen LogP contribution in [0, 0.1) is 93.2 Å². The number of esters is 3. The molecule has 0 N–H and O–H groups in total. The van der Waals surface area contributed by atoms with Crippen molar-refractivity contribution in [2.24, 2.45) is 98.2 Å². The SMILES string of the molecule is CC1(C)C2CCC1(CS(=O)(=O)[O-])C(=O)C2.CC[N-]CC(F)(F)F.O=C(CC(C(=O)OCC1CCCCC1)S(=O)(=O)[O-])OCC1CCCCC1.O=C(OCC(C(F)(F)F)S(=O)(=O)[O-])C12CC3CC(CC(C3)C1)C2.O=S(=O)([O-])CC(F)(F)C1CC2CC1C1OC3(OC21)C1CC2CC(C1)CC3C2.O=S1(=O)[N-]CCC(F)(F)C1(F)F.[3H+].[3H+].[3H+].[3H+].[3H+].[3H+].[3H+].[O-]C1=NCCC(F)(F)C1(F)F. The highest BCUT2D eigenvalue weighted by molar-refractivity contribution is 7.95. The minimum Gasteiger partial charge on any atom is -0.858 e. The molecule has 14 aliphatic carbocycles. The molecule has 0 amide bonds. The summed E-state index contributed by atoms with van der Waals surface area (Å²) >= 11 is 0. The van der Waals surface area contributed by atoms with E-state index in [-0.39, 0.29) is 83.2 Å². The van der Waals surface area contributed by atoms with E-state index in [1.807, 2.05) is 13.8 Å². The Kier molecular flexibility index (Phi) is 31.4. The number of ether oxygens (including phenoxy) is 5. The third kappa shape index (κ3) is 23.7. The van der Waals surface area contributed by atoms with Crippen LogP contribution in [0.1, 0.15) is 217 Å². The van der Waals surface area contributed by atoms with E-state index in [1.54, 1.807) is 6.92 Å². The van der Waals surface area contributed by atoms with E-state index in [1.165, 1.54) is 12.8 Å². The van der Waals surface area contributed by atoms with Crippen molar-refractivity contribution in [1.29, 1.82) is 0 Å². The van der Waals surface area contributed by atoms with Gasteiger partial charge in [0.2, 0.25) is 0 Å². The van der Waals surface area contributed by atoms with Gasteiger partial charge < -0.3 is 57.0 Å². The van der Waals surface area contributed by atoms with Gasteiger partial charge in [-0.05, 0) is 187 Å². The smallest absolute Gasteiger partial charge is 0.858 e. The summed E-state index contributed by atoms with van der Waals surface area (Å²) in [6, 6.07) is 0. The highest BCUT2D eigenvalue weighted by Gasteiger charge is 2.72. The first-order valence-electron chi connectivity index (χ1n) is 40.8. The van der Waals surface area contributed by atoms with E-state index in [0.717, 1.165) is 121 Å². The van der Waals surface area contributed by atoms with Crippen LogP contribution < -0.4 is 5.11 Å². The van der Waals surface area contributed by atoms with Crippen LogP contribution in [0.2, 0.25) is 0 Å². The zero-order valence-electron chi connectivity index (χ0n) is 73.9. The van der Waals surface area contributed by atoms with Gasteiger partial charge in [-0.2, -0.15) is 68.0 Å². The van der Waals surface area contributed by atoms with E-state index >= 15 is 0 Å². The lowest BCUT2D eigenvalue weighted by atomic mass is 9.49. The third-order valence-electron chi connectivity index (χ3n) is 27.5. The van der Waals surface area contributed by atoms with E-state index in [9.17, 15) is 155 Å². The Hall–Kier alpha value is -4.14. The molecule has 48 heteroatoms. The predicted molar refractivity (Wildman–Crippen MR) is 397 cm³/mol. The molecule has 17 aliphatic rings. The lowest BCUT2D eigenvalue weighted by Crippen LogP contribution is -2.59. The largest absolute Gasteiger partial charge is 1.00 e. The normalized spacial score (nSPS) is 35.0. The van der Waals surface area contributed by atoms with Crippen molar-refractivity contribution in [1.82, 2.24) is 0 Å². The van der Waals surface area contributed by atoms with Crippen LogP contribution >= 0.6 is 0 Å². The Morgan fingerprint density at radius 3 is 1.55 bits per heavy atom. The van der Waals surface area contributed by atoms with Crippen LogP contribution in [-0.4, -0.2) is 217 Å². The van der Waals surface area contributed by atoms with Crippen molar-refractivity contribution < 1.29 is 189 Å². The first kappa shape index (κ1) is 102. The van der Waals surface area contributed by atoms with Crippen molar-refractivity contribution in [2.75, 3.05) is 57.5 Å². The van der Waals surface area contributed by atoms with E-state index < -0.39 is 212 Å². The van der Waals surface area contributed by atoms with Gasteiger partial charge in [0, 0.05) is 54.9 Å². The molecule has 17 rings (SSSR count). The summed E-state index contributed by atoms with van der Waals surface area (Å²) in [5, 5.41) is 2.97. The summed E-state index contributed by atoms with van der Waals surface area (Å²) in [5.74, 6) is -21.6. The maximum atomic E-state index is 14.6. The Balaban J connectivity index is 0.000000522. The Bertz CT molecular complexity index is 4300. The van der Waals surface area contributed by atoms with Gasteiger partial charge >= 0.3 is 63.3 Å². The van der Waals surface area contributed by atoms with Crippen molar-refractivity contribution >= 4 is 80.1 Å². The number of halogens is 16. The first-order chi connectivity index (χ1) is 55.8. The maximum absolute atomic E-state index is 14.6. The van der Waals surface area contributed by atoms with E-state index in [4.69, 9.17) is 23.7 Å². The minimum absolute atomic E-state index is 0. The lowest BCUT2D eigenvalue weighted by molar-refractivity contribution is -0.304. The Labute approximate surface area is 708 Å². The molecule has 16 fully saturated rings. The van der Waals surface area contributed by atoms with Crippen molar-refractivity contribution in [2.45, 2.75) is 277 Å². The molecule has 3 aliphatic heterocycles. The van der Waals surface area contributed by atoms with E-state index in [0.29, 0.717) is 68.1 Å². The summed E-state index contributed by atoms with van der Waals surface area (Å²) in [4.78, 5) is 50.9. The van der Waals surface area contributed by atoms with Gasteiger partial charge in [0.25, 0.3) is 5.92 Å². The Morgan fingerprint density at radius 2 is 1.14 bits per heavy atom. The van der Waals surface area contributed by atoms with Crippen LogP contribution in [0.15, 0.2) is 4.99 Å². The third-order valence-corrected chi connectivity index (χ3v) is 32.7. The molecule has 706 valence electrons. The zero-order valence-corrected chi connectivity index (χ0v) is 71.0. The van der Waals surface area contributed by atoms with Crippen LogP contribution in [0.5, 0.6) is 0 Å². The van der Waals surface area contributed by atoms with Gasteiger partial charge in [0.05, 0.1) is 53.1 Å². The summed E-state index contributed by atoms with van der Waals surface area (Å²) in [5.41, 5.74) is -2.00. The maximum Gasteiger partial charge on any atom is 1.00 e. The van der Waals surface area contributed by atoms with Gasteiger partial charge in [-0.15, -0.1) is 6.54 Å². The topological polar surface area (TPSA) is 441 Å². The second kappa shape index (κ2) is 37.7. The zero-order chi connectivity index (χ0) is 91.2. The molecular formula is C74H109F16N3O24S5. The summed E-state index contributed by atoms with van der Waals surface area (Å²) in [6.45, 7) is 2.18. The molecule has 1 spiro atoms. The number of carbonyl (C=O) groups is 4. The van der Waals surface area contributed by atoms with Gasteiger partial charge in [-0.3, -0.25) is 24.2 Å². The number of aliphatic imine (C=N–C) groups is 1. The fraction of sp³-hybridized carbons (Fsp3) is 0.932. The number of ketones is 1. The van der Waals surface area contributed by atoms with Crippen molar-refractivity contribution in [3.63, 3.8) is 0 Å². The fourth-order valence-corrected chi connectivity index (χ4v) is 26.0. The highest BCUT2D eigenvalue weighted by atomic mass is 32.2. The van der Waals surface area contributed by atoms with E-state index in [2.05, 4.69) is 15.0 Å². The van der Waals surface area contributed by atoms with Crippen LogP contribution in [-0.2, 0) is 93.4 Å². The number of fused-ring (bicyclic) bond motifs is 7. The summed E-state index contributed by atoms with van der Waals surface area (Å²) in [6.07, 6.45) is 10.9. The van der Waals surface area contributed by atoms with Crippen LogP contribution in [0.3, 0.4) is 0 Å². The number of Topliss-reactive ketones (excluding diaryl/α,β-unsaturated/α-hetero) is 1. The molecule has 9 atom stereocenters. The first-order valence-corrected chi connectivity index (χ1v) is 48.3. The molecule has 0 aromatic carbocycles. The predicted octanol–water partition coefficient (Wildman–Crippen LogP) is 12.9. The number of hydrogen-bond acceptors (Lipinski definition) is 25. The fourth-order valence-electron chi connectivity index (χ4n) is 21.9. The number of hydrogen-bond donors (Lipinski definition) is 0. The van der Waals surface area contributed by atoms with Crippen molar-refractivity contribution in [3.8, 4) is 0 Å². The van der Waals surface area contributed by atoms with Crippen LogP contribution in [0.4, 0.5) is 70.2 Å². The van der Waals surface area contributed by atoms with Gasteiger partial charge in [-0.1, -0.05) is 65.8 Å². The molecule has 2 saturated heterocycles. The van der Waals surface area contributed by atoms with Crippen LogP contribution in [0.25, 0.3) is 10.0 Å². The molecule has 27 nitrogen and oxygen atoms in total. The molecule has 3 heterocycles. The second-order valence-corrected chi connectivity index (χ2v) is 43.8. The molecule has 122 heavy (non-hydrogen) atoms. The standard InChI is InChI=1S/C19H26F2O5S.C18H30O7S.C14H19F3O5S.C10H16O4S.C5H5F4NO.C4H4F4NO2S.C4H7F3N/c20-18(21,8-27(22,23)24)15-7-11-6-14(15)17-16(11)25-19(26-17)12-2-9-1-10(4-12)5-13(19)3-9;19-17(24-12-14-7-3-1-4-8-14)11-16(26(21,22)23)18(20)25-13-15-9-5-2-6-10-15;15-14(16,17)11(23(19,20)21)7-22-12(18)13-4-8-1-9(5-13)3-10(2-8)6-13;1-9(2)7-3-4-10(9,8(11)5-7)6-15(12,13)14;6-4(7)1-2-10-3(11)5(4,8)9;5-3(6)1-2-9-12(10,11)4(3,7)8;1-2-8-3-4(5,6)7/h9-17H,1-8H2,(H,22,23,24);14-16H,1-13H2,(H,21,22,23);8-11H,1-7H2,(H,19,20,21);7H,3-6H2,1-2H3,(H,12,13,14);1-2H2,(H,10,11);1-2H2;2-3H2,1H3/q;;;;;2*-1/p+2/i/hT7. The molecule has 9 unspecified atom stereocenters. The van der Waals surface area contributed by atoms with Gasteiger partial charge in [0.1, 0.15) is 58.5 Å². The number of alkyl halides is 16. The highest BCUT2D eigenvalue weighted by Crippen LogP contribution is 2.69. The molecular weight excluding hydrogens is 1780 g/mol. The average Bonchev–Trinajstić information content (AvgIpc) is 1.54. The number of sulfonamides is 1. The molecule has 0 aromatic rings. The quantitative estimate of drug-likeness (QED) is 0.0501. The number of rotatable bonds is 19. The molecule has 14 saturated carbocycles. The average molecular weight is 1900 g/mol. The monoisotopic (exact) mass is 1900 g/mol. The summed E-state index contributed by atoms with van der Waals surface area (Å²) in [7, 11) is -25.2. The number of nitrogens with zero attached hydrogens (tertiary/aromatic N) is 3. The molecule has 12 bridgehead atoms. The second-order valence-electron chi connectivity index (χ2n) is 36.2. The molecule has 0 radical (unpaired) electrons. The minimum atomic E-state index is -5.63. The number of carbonyl (C=O) groups excluding carboxylic acids is 4. The van der Waals surface area contributed by atoms with Gasteiger partial charge in [-0.25, -0.2) is 50.9 Å². The Morgan fingerprint density at radius 1 is 0.631 bits per heavy atom. The lowest BCUT2D eigenvalue weighted by Gasteiger charge is -2.58. The summed E-state index contributed by atoms with van der Waals surface area (Å²) < 4.78 is 382. The van der Waals surface area contributed by atoms with Crippen molar-refractivity contribution in [3.05, 3.63) is 10.0 Å².